The minimum Gasteiger partial charge on any atom is -0.422 e. The smallest absolute Gasteiger partial charge is 0.331 e. The summed E-state index contributed by atoms with van der Waals surface area (Å²) in [5.74, 6) is -6.42. The third kappa shape index (κ3) is 1.89. The van der Waals surface area contributed by atoms with Crippen LogP contribution in [0.3, 0.4) is 0 Å². The minimum absolute atomic E-state index is 1.06. The van der Waals surface area contributed by atoms with Gasteiger partial charge in [-0.3, -0.25) is 14.4 Å². The van der Waals surface area contributed by atoms with Crippen molar-refractivity contribution < 1.29 is 28.2 Å². The average molecular weight is 204 g/mol. The van der Waals surface area contributed by atoms with Crippen LogP contribution in [0.1, 0.15) is 13.8 Å². The topological polar surface area (TPSA) is 69.7 Å². The van der Waals surface area contributed by atoms with E-state index in [0.717, 1.165) is 0 Å². The molecule has 6 heteroatoms. The van der Waals surface area contributed by atoms with Crippen molar-refractivity contribution in [1.82, 2.24) is 0 Å². The zero-order valence-corrected chi connectivity index (χ0v) is 7.70. The third-order valence-electron chi connectivity index (χ3n) is 1.62. The van der Waals surface area contributed by atoms with Crippen molar-refractivity contribution in [2.45, 2.75) is 19.6 Å². The molecule has 1 rings (SSSR count). The SMILES string of the molecule is CC1(C)OC(=O)C(C(=O)CF)C(=O)O1. The Labute approximate surface area is 79.2 Å². The minimum atomic E-state index is -1.77. The zero-order chi connectivity index (χ0) is 10.9. The van der Waals surface area contributed by atoms with Crippen molar-refractivity contribution in [1.29, 1.82) is 0 Å². The number of esters is 2. The molecular weight excluding hydrogens is 195 g/mol. The number of carbonyl (C=O) groups is 3. The van der Waals surface area contributed by atoms with Gasteiger partial charge in [-0.1, -0.05) is 0 Å². The molecule has 0 bridgehead atoms. The van der Waals surface area contributed by atoms with Crippen molar-refractivity contribution >= 4 is 17.7 Å². The van der Waals surface area contributed by atoms with E-state index < -0.39 is 36.1 Å². The number of hydrogen-bond donors (Lipinski definition) is 0. The lowest BCUT2D eigenvalue weighted by atomic mass is 10.0. The summed E-state index contributed by atoms with van der Waals surface area (Å²) in [5, 5.41) is 0. The molecule has 78 valence electrons. The van der Waals surface area contributed by atoms with Crippen LogP contribution in [0.2, 0.25) is 0 Å². The van der Waals surface area contributed by atoms with Gasteiger partial charge in [0.2, 0.25) is 5.92 Å². The highest BCUT2D eigenvalue weighted by molar-refractivity contribution is 6.16. The second-order valence-electron chi connectivity index (χ2n) is 3.27. The van der Waals surface area contributed by atoms with E-state index in [9.17, 15) is 18.8 Å². The van der Waals surface area contributed by atoms with Crippen LogP contribution in [0.15, 0.2) is 0 Å². The first-order valence-corrected chi connectivity index (χ1v) is 3.92. The predicted octanol–water partition coefficient (Wildman–Crippen LogP) is -0.0227. The first-order chi connectivity index (χ1) is 6.37. The van der Waals surface area contributed by atoms with Crippen LogP contribution in [-0.2, 0) is 23.9 Å². The summed E-state index contributed by atoms with van der Waals surface area (Å²) in [5.41, 5.74) is 0. The van der Waals surface area contributed by atoms with Gasteiger partial charge in [0.15, 0.2) is 5.78 Å². The Kier molecular flexibility index (Phi) is 2.55. The van der Waals surface area contributed by atoms with Crippen LogP contribution >= 0.6 is 0 Å². The van der Waals surface area contributed by atoms with Gasteiger partial charge >= 0.3 is 11.9 Å². The van der Waals surface area contributed by atoms with Crippen LogP contribution in [-0.4, -0.2) is 30.2 Å². The Morgan fingerprint density at radius 1 is 1.36 bits per heavy atom. The van der Waals surface area contributed by atoms with Crippen molar-refractivity contribution in [3.05, 3.63) is 0 Å². The molecule has 14 heavy (non-hydrogen) atoms. The number of cyclic esters (lactones) is 2. The summed E-state index contributed by atoms with van der Waals surface area (Å²) in [7, 11) is 0. The van der Waals surface area contributed by atoms with Gasteiger partial charge in [0.1, 0.15) is 6.67 Å². The molecule has 1 heterocycles. The lowest BCUT2D eigenvalue weighted by molar-refractivity contribution is -0.238. The maximum atomic E-state index is 11.9. The van der Waals surface area contributed by atoms with Gasteiger partial charge in [-0.25, -0.2) is 4.39 Å². The summed E-state index contributed by atoms with van der Waals surface area (Å²) in [6.07, 6.45) is 0. The molecule has 0 aliphatic carbocycles. The average Bonchev–Trinajstić information content (AvgIpc) is 1.99. The van der Waals surface area contributed by atoms with Gasteiger partial charge in [0, 0.05) is 13.8 Å². The Morgan fingerprint density at radius 3 is 2.14 bits per heavy atom. The molecule has 1 saturated heterocycles. The first kappa shape index (κ1) is 10.6. The first-order valence-electron chi connectivity index (χ1n) is 3.92. The molecule has 0 N–H and O–H groups in total. The van der Waals surface area contributed by atoms with Crippen molar-refractivity contribution in [3.63, 3.8) is 0 Å². The molecule has 0 aromatic heterocycles. The fourth-order valence-corrected chi connectivity index (χ4v) is 1.06. The van der Waals surface area contributed by atoms with Crippen LogP contribution in [0.4, 0.5) is 4.39 Å². The summed E-state index contributed by atoms with van der Waals surface area (Å²) < 4.78 is 21.2. The summed E-state index contributed by atoms with van der Waals surface area (Å²) in [6, 6.07) is 0. The molecule has 0 saturated carbocycles. The van der Waals surface area contributed by atoms with E-state index >= 15 is 0 Å². The zero-order valence-electron chi connectivity index (χ0n) is 7.70. The van der Waals surface area contributed by atoms with Gasteiger partial charge in [-0.15, -0.1) is 0 Å². The largest absolute Gasteiger partial charge is 0.422 e. The van der Waals surface area contributed by atoms with E-state index in [1.54, 1.807) is 0 Å². The van der Waals surface area contributed by atoms with Gasteiger partial charge in [0.25, 0.3) is 5.79 Å². The second-order valence-corrected chi connectivity index (χ2v) is 3.27. The molecule has 0 spiro atoms. The molecule has 0 aromatic rings. The Hall–Kier alpha value is -1.46. The molecule has 0 aromatic carbocycles. The summed E-state index contributed by atoms with van der Waals surface area (Å²) >= 11 is 0. The van der Waals surface area contributed by atoms with Gasteiger partial charge < -0.3 is 9.47 Å². The van der Waals surface area contributed by atoms with E-state index in [-0.39, 0.29) is 0 Å². The molecule has 1 aliphatic heterocycles. The van der Waals surface area contributed by atoms with Gasteiger partial charge in [-0.05, 0) is 0 Å². The molecule has 1 aliphatic rings. The number of ketones is 1. The highest BCUT2D eigenvalue weighted by atomic mass is 19.1. The number of carbonyl (C=O) groups excluding carboxylic acids is 3. The molecule has 1 fully saturated rings. The van der Waals surface area contributed by atoms with Crippen LogP contribution in [0.5, 0.6) is 0 Å². The molecule has 5 nitrogen and oxygen atoms in total. The quantitative estimate of drug-likeness (QED) is 0.467. The molecule has 0 atom stereocenters. The highest BCUT2D eigenvalue weighted by Gasteiger charge is 2.46. The van der Waals surface area contributed by atoms with E-state index in [1.165, 1.54) is 13.8 Å². The van der Waals surface area contributed by atoms with Crippen LogP contribution < -0.4 is 0 Å². The molecule has 0 unspecified atom stereocenters. The van der Waals surface area contributed by atoms with Crippen LogP contribution in [0.25, 0.3) is 0 Å². The summed E-state index contributed by atoms with van der Waals surface area (Å²) in [6.45, 7) is 1.30. The molecular formula is C8H9FO5. The van der Waals surface area contributed by atoms with E-state index in [2.05, 4.69) is 9.47 Å². The number of Topliss-reactive ketones (excluding diaryl/α,β-unsaturated/α-hetero) is 1. The maximum Gasteiger partial charge on any atom is 0.331 e. The van der Waals surface area contributed by atoms with Crippen molar-refractivity contribution in [2.75, 3.05) is 6.67 Å². The van der Waals surface area contributed by atoms with Crippen molar-refractivity contribution in [2.24, 2.45) is 5.92 Å². The van der Waals surface area contributed by atoms with E-state index in [0.29, 0.717) is 0 Å². The molecule has 0 amide bonds. The Bertz CT molecular complexity index is 276. The monoisotopic (exact) mass is 204 g/mol. The second kappa shape index (κ2) is 3.36. The van der Waals surface area contributed by atoms with E-state index in [4.69, 9.17) is 0 Å². The number of ether oxygens (including phenoxy) is 2. The van der Waals surface area contributed by atoms with Gasteiger partial charge in [0.05, 0.1) is 0 Å². The fourth-order valence-electron chi connectivity index (χ4n) is 1.06. The number of alkyl halides is 1. The lowest BCUT2D eigenvalue weighted by Crippen LogP contribution is -2.49. The number of hydrogen-bond acceptors (Lipinski definition) is 5. The standard InChI is InChI=1S/C8H9FO5/c1-8(2)13-6(11)5(4(10)3-9)7(12)14-8/h5H,3H2,1-2H3. The predicted molar refractivity (Wildman–Crippen MR) is 40.7 cm³/mol. The highest BCUT2D eigenvalue weighted by Crippen LogP contribution is 2.23. The molecule has 0 radical (unpaired) electrons. The summed E-state index contributed by atoms with van der Waals surface area (Å²) in [4.78, 5) is 33.0. The maximum absolute atomic E-state index is 11.9. The third-order valence-corrected chi connectivity index (χ3v) is 1.62. The van der Waals surface area contributed by atoms with Crippen molar-refractivity contribution in [3.8, 4) is 0 Å². The normalized spacial score (nSPS) is 21.4. The fraction of sp³-hybridized carbons (Fsp3) is 0.625. The Morgan fingerprint density at radius 2 is 1.79 bits per heavy atom. The number of halogens is 1. The van der Waals surface area contributed by atoms with E-state index in [1.807, 2.05) is 0 Å². The number of rotatable bonds is 2. The van der Waals surface area contributed by atoms with Gasteiger partial charge in [-0.2, -0.15) is 0 Å². The Balaban J connectivity index is 2.87. The van der Waals surface area contributed by atoms with Crippen LogP contribution in [0, 0.1) is 5.92 Å². The lowest BCUT2D eigenvalue weighted by Gasteiger charge is -2.31.